The molecule has 6 nitrogen and oxygen atoms in total. The normalized spacial score (nSPS) is 22.2. The lowest BCUT2D eigenvalue weighted by atomic mass is 9.94. The van der Waals surface area contributed by atoms with Gasteiger partial charge in [0.1, 0.15) is 5.82 Å². The van der Waals surface area contributed by atoms with Crippen LogP contribution in [0.25, 0.3) is 0 Å². The van der Waals surface area contributed by atoms with Crippen LogP contribution in [0.4, 0.5) is 10.1 Å². The molecular weight excluding hydrogens is 279 g/mol. The van der Waals surface area contributed by atoms with E-state index in [9.17, 15) is 24.4 Å². The van der Waals surface area contributed by atoms with Crippen molar-refractivity contribution in [3.63, 3.8) is 0 Å². The van der Waals surface area contributed by atoms with Crippen LogP contribution in [0, 0.1) is 22.9 Å². The largest absolute Gasteiger partial charge is 0.388 e. The monoisotopic (exact) mass is 296 g/mol. The quantitative estimate of drug-likeness (QED) is 0.668. The van der Waals surface area contributed by atoms with E-state index >= 15 is 0 Å². The number of piperidine rings is 1. The van der Waals surface area contributed by atoms with Crippen LogP contribution in [0.1, 0.15) is 35.7 Å². The van der Waals surface area contributed by atoms with Gasteiger partial charge in [-0.05, 0) is 32.3 Å². The Hall–Kier alpha value is -2.02. The number of nitro groups is 1. The van der Waals surface area contributed by atoms with Crippen molar-refractivity contribution in [2.75, 3.05) is 13.1 Å². The smallest absolute Gasteiger partial charge is 0.270 e. The molecule has 0 aliphatic carbocycles. The van der Waals surface area contributed by atoms with E-state index in [1.54, 1.807) is 6.92 Å². The Kier molecular flexibility index (Phi) is 3.95. The highest BCUT2D eigenvalue weighted by Crippen LogP contribution is 2.26. The first-order valence-corrected chi connectivity index (χ1v) is 6.67. The Morgan fingerprint density at radius 1 is 1.52 bits per heavy atom. The van der Waals surface area contributed by atoms with Gasteiger partial charge in [0.15, 0.2) is 0 Å². The van der Waals surface area contributed by atoms with Crippen LogP contribution in [0.5, 0.6) is 0 Å². The van der Waals surface area contributed by atoms with E-state index in [0.29, 0.717) is 19.4 Å². The van der Waals surface area contributed by atoms with E-state index in [0.717, 1.165) is 12.1 Å². The lowest BCUT2D eigenvalue weighted by Gasteiger charge is -2.36. The Balaban J connectivity index is 2.36. The van der Waals surface area contributed by atoms with Gasteiger partial charge in [-0.1, -0.05) is 0 Å². The van der Waals surface area contributed by atoms with Crippen LogP contribution in [-0.4, -0.2) is 39.5 Å². The number of β-amino-alcohol motifs (C(OH)–C–C–N with tert-alkyl or cyclic N) is 1. The first-order chi connectivity index (χ1) is 9.71. The number of carbonyl (C=O) groups is 1. The summed E-state index contributed by atoms with van der Waals surface area (Å²) in [6, 6.07) is 2.05. The summed E-state index contributed by atoms with van der Waals surface area (Å²) in [6.07, 6.45) is 1.17. The van der Waals surface area contributed by atoms with Crippen molar-refractivity contribution in [2.45, 2.75) is 32.3 Å². The molecule has 0 saturated carbocycles. The fourth-order valence-electron chi connectivity index (χ4n) is 2.58. The fourth-order valence-corrected chi connectivity index (χ4v) is 2.58. The maximum Gasteiger partial charge on any atom is 0.270 e. The van der Waals surface area contributed by atoms with Crippen molar-refractivity contribution in [3.05, 3.63) is 39.2 Å². The van der Waals surface area contributed by atoms with Crippen molar-refractivity contribution in [1.82, 2.24) is 4.90 Å². The molecule has 1 aliphatic heterocycles. The summed E-state index contributed by atoms with van der Waals surface area (Å²) in [5.41, 5.74) is -1.60. The molecule has 1 aromatic rings. The molecule has 0 spiro atoms. The zero-order chi connectivity index (χ0) is 15.8. The summed E-state index contributed by atoms with van der Waals surface area (Å²) < 4.78 is 14.1. The van der Waals surface area contributed by atoms with Gasteiger partial charge in [0.25, 0.3) is 11.6 Å². The average Bonchev–Trinajstić information content (AvgIpc) is 2.39. The van der Waals surface area contributed by atoms with Gasteiger partial charge in [0.05, 0.1) is 16.1 Å². The molecule has 1 aliphatic rings. The minimum Gasteiger partial charge on any atom is -0.388 e. The van der Waals surface area contributed by atoms with E-state index in [2.05, 4.69) is 0 Å². The number of rotatable bonds is 2. The van der Waals surface area contributed by atoms with Crippen LogP contribution >= 0.6 is 0 Å². The number of aliphatic hydroxyl groups is 1. The molecule has 1 saturated heterocycles. The highest BCUT2D eigenvalue weighted by atomic mass is 19.1. The Morgan fingerprint density at radius 3 is 2.76 bits per heavy atom. The predicted octanol–water partition coefficient (Wildman–Crippen LogP) is 2.03. The zero-order valence-corrected chi connectivity index (χ0v) is 11.9. The molecule has 1 aromatic carbocycles. The molecule has 2 rings (SSSR count). The van der Waals surface area contributed by atoms with Gasteiger partial charge in [-0.15, -0.1) is 0 Å². The van der Waals surface area contributed by atoms with Gasteiger partial charge < -0.3 is 10.0 Å². The van der Waals surface area contributed by atoms with Crippen molar-refractivity contribution in [1.29, 1.82) is 0 Å². The number of benzene rings is 1. The van der Waals surface area contributed by atoms with E-state index in [1.807, 2.05) is 0 Å². The summed E-state index contributed by atoms with van der Waals surface area (Å²) in [5.74, 6) is -1.38. The van der Waals surface area contributed by atoms with Crippen LogP contribution in [-0.2, 0) is 0 Å². The molecule has 0 bridgehead atoms. The zero-order valence-electron chi connectivity index (χ0n) is 11.9. The van der Waals surface area contributed by atoms with E-state index in [4.69, 9.17) is 0 Å². The van der Waals surface area contributed by atoms with Crippen LogP contribution in [0.15, 0.2) is 12.1 Å². The molecule has 1 N–H and O–H groups in total. The minimum absolute atomic E-state index is 0.0521. The predicted molar refractivity (Wildman–Crippen MR) is 73.6 cm³/mol. The summed E-state index contributed by atoms with van der Waals surface area (Å²) in [5, 5.41) is 20.8. The third kappa shape index (κ3) is 3.18. The third-order valence-electron chi connectivity index (χ3n) is 3.64. The first-order valence-electron chi connectivity index (χ1n) is 6.67. The van der Waals surface area contributed by atoms with Gasteiger partial charge in [0, 0.05) is 25.2 Å². The van der Waals surface area contributed by atoms with Crippen molar-refractivity contribution < 1.29 is 19.2 Å². The second-order valence-corrected chi connectivity index (χ2v) is 5.71. The number of halogens is 1. The van der Waals surface area contributed by atoms with Gasteiger partial charge >= 0.3 is 0 Å². The lowest BCUT2D eigenvalue weighted by molar-refractivity contribution is -0.385. The third-order valence-corrected chi connectivity index (χ3v) is 3.64. The molecule has 0 radical (unpaired) electrons. The number of nitrogens with zero attached hydrogens (tertiary/aromatic N) is 2. The van der Waals surface area contributed by atoms with E-state index in [1.165, 1.54) is 11.8 Å². The Bertz CT molecular complexity index is 601. The maximum absolute atomic E-state index is 14.1. The number of likely N-dealkylation sites (tertiary alicyclic amines) is 1. The molecule has 1 amide bonds. The molecule has 1 heterocycles. The van der Waals surface area contributed by atoms with Gasteiger partial charge in [-0.25, -0.2) is 4.39 Å². The molecule has 7 heteroatoms. The number of hydrogen-bond donors (Lipinski definition) is 1. The van der Waals surface area contributed by atoms with Crippen molar-refractivity contribution in [3.8, 4) is 0 Å². The molecular formula is C14H17FN2O4. The standard InChI is InChI=1S/C14H17FN2O4/c1-9-6-10(17(20)21)7-11(12(9)15)13(18)16-5-3-4-14(2,19)8-16/h6-7,19H,3-5,8H2,1-2H3. The number of amides is 1. The fraction of sp³-hybridized carbons (Fsp3) is 0.500. The van der Waals surface area contributed by atoms with Crippen LogP contribution in [0.2, 0.25) is 0 Å². The second kappa shape index (κ2) is 5.40. The summed E-state index contributed by atoms with van der Waals surface area (Å²) in [7, 11) is 0. The molecule has 114 valence electrons. The number of hydrogen-bond acceptors (Lipinski definition) is 4. The summed E-state index contributed by atoms with van der Waals surface area (Å²) in [6.45, 7) is 3.48. The number of aryl methyl sites for hydroxylation is 1. The van der Waals surface area contributed by atoms with Crippen molar-refractivity contribution >= 4 is 11.6 Å². The topological polar surface area (TPSA) is 83.7 Å². The second-order valence-electron chi connectivity index (χ2n) is 5.71. The number of carbonyl (C=O) groups excluding carboxylic acids is 1. The molecule has 0 aromatic heterocycles. The van der Waals surface area contributed by atoms with E-state index in [-0.39, 0.29) is 23.4 Å². The van der Waals surface area contributed by atoms with Crippen LogP contribution < -0.4 is 0 Å². The first kappa shape index (κ1) is 15.4. The Morgan fingerprint density at radius 2 is 2.19 bits per heavy atom. The number of nitro benzene ring substituents is 1. The molecule has 1 unspecified atom stereocenters. The van der Waals surface area contributed by atoms with Gasteiger partial charge in [0.2, 0.25) is 0 Å². The van der Waals surface area contributed by atoms with Crippen molar-refractivity contribution in [2.24, 2.45) is 0 Å². The van der Waals surface area contributed by atoms with Gasteiger partial charge in [-0.2, -0.15) is 0 Å². The number of non-ortho nitro benzene ring substituents is 1. The molecule has 1 atom stereocenters. The van der Waals surface area contributed by atoms with E-state index < -0.39 is 22.2 Å². The highest BCUT2D eigenvalue weighted by Gasteiger charge is 2.33. The molecule has 21 heavy (non-hydrogen) atoms. The minimum atomic E-state index is -1.01. The SMILES string of the molecule is Cc1cc([N+](=O)[O-])cc(C(=O)N2CCCC(C)(O)C2)c1F. The van der Waals surface area contributed by atoms with Gasteiger partial charge in [-0.3, -0.25) is 14.9 Å². The average molecular weight is 296 g/mol. The lowest BCUT2D eigenvalue weighted by Crippen LogP contribution is -2.48. The highest BCUT2D eigenvalue weighted by molar-refractivity contribution is 5.95. The summed E-state index contributed by atoms with van der Waals surface area (Å²) in [4.78, 5) is 23.9. The molecule has 1 fully saturated rings. The Labute approximate surface area is 121 Å². The maximum atomic E-state index is 14.1. The van der Waals surface area contributed by atoms with Crippen LogP contribution in [0.3, 0.4) is 0 Å². The summed E-state index contributed by atoms with van der Waals surface area (Å²) >= 11 is 0.